The fourth-order valence-electron chi connectivity index (χ4n) is 2.82. The van der Waals surface area contributed by atoms with E-state index in [1.54, 1.807) is 0 Å². The molecular weight excluding hydrogens is 276 g/mol. The number of hydrogen-bond acceptors (Lipinski definition) is 2. The Labute approximate surface area is 134 Å². The molecule has 1 saturated heterocycles. The van der Waals surface area contributed by atoms with Crippen LogP contribution in [0.5, 0.6) is 5.75 Å². The molecule has 118 valence electrons. The lowest BCUT2D eigenvalue weighted by Gasteiger charge is -2.12. The molecule has 0 amide bonds. The van der Waals surface area contributed by atoms with Crippen molar-refractivity contribution in [2.45, 2.75) is 70.8 Å². The smallest absolute Gasteiger partial charge is 0.119 e. The molecular formula is C19H30OS. The third-order valence-corrected chi connectivity index (χ3v) is 5.31. The number of unbranched alkanes of at least 4 members (excludes halogenated alkanes) is 6. The van der Waals surface area contributed by atoms with Crippen molar-refractivity contribution in [2.24, 2.45) is 0 Å². The molecule has 21 heavy (non-hydrogen) atoms. The Morgan fingerprint density at radius 3 is 2.38 bits per heavy atom. The van der Waals surface area contributed by atoms with Gasteiger partial charge in [-0.25, -0.2) is 0 Å². The molecule has 0 aliphatic carbocycles. The molecule has 1 fully saturated rings. The highest BCUT2D eigenvalue weighted by molar-refractivity contribution is 7.99. The zero-order chi connectivity index (χ0) is 14.8. The lowest BCUT2D eigenvalue weighted by atomic mass is 10.0. The molecule has 0 aromatic heterocycles. The van der Waals surface area contributed by atoms with E-state index in [9.17, 15) is 0 Å². The van der Waals surface area contributed by atoms with E-state index in [-0.39, 0.29) is 0 Å². The minimum atomic E-state index is 0.434. The van der Waals surface area contributed by atoms with Crippen LogP contribution in [0.3, 0.4) is 0 Å². The van der Waals surface area contributed by atoms with Crippen LogP contribution in [0.2, 0.25) is 0 Å². The van der Waals surface area contributed by atoms with Gasteiger partial charge in [-0.2, -0.15) is 11.8 Å². The maximum absolute atomic E-state index is 5.99. The van der Waals surface area contributed by atoms with Gasteiger partial charge in [0.2, 0.25) is 0 Å². The van der Waals surface area contributed by atoms with Crippen LogP contribution in [-0.2, 0) is 6.42 Å². The number of ether oxygens (including phenoxy) is 1. The van der Waals surface area contributed by atoms with E-state index in [0.29, 0.717) is 6.10 Å². The van der Waals surface area contributed by atoms with E-state index >= 15 is 0 Å². The largest absolute Gasteiger partial charge is 0.490 e. The molecule has 1 aromatic carbocycles. The average Bonchev–Trinajstić information content (AvgIpc) is 3.01. The molecule has 0 bridgehead atoms. The van der Waals surface area contributed by atoms with Gasteiger partial charge in [-0.05, 0) is 42.7 Å². The fourth-order valence-corrected chi connectivity index (χ4v) is 3.91. The monoisotopic (exact) mass is 306 g/mol. The second-order valence-electron chi connectivity index (χ2n) is 6.12. The minimum absolute atomic E-state index is 0.434. The zero-order valence-electron chi connectivity index (χ0n) is 13.5. The summed E-state index contributed by atoms with van der Waals surface area (Å²) in [5.74, 6) is 3.45. The van der Waals surface area contributed by atoms with E-state index in [4.69, 9.17) is 4.74 Å². The van der Waals surface area contributed by atoms with Gasteiger partial charge in [-0.3, -0.25) is 0 Å². The third-order valence-electron chi connectivity index (χ3n) is 4.18. The predicted molar refractivity (Wildman–Crippen MR) is 94.5 cm³/mol. The molecule has 1 nitrogen and oxygen atoms in total. The predicted octanol–water partition coefficient (Wildman–Crippen LogP) is 5.86. The summed E-state index contributed by atoms with van der Waals surface area (Å²) in [4.78, 5) is 0. The molecule has 1 atom stereocenters. The van der Waals surface area contributed by atoms with Gasteiger partial charge in [0, 0.05) is 5.75 Å². The van der Waals surface area contributed by atoms with Gasteiger partial charge in [0.25, 0.3) is 0 Å². The van der Waals surface area contributed by atoms with Crippen molar-refractivity contribution in [3.63, 3.8) is 0 Å². The van der Waals surface area contributed by atoms with Crippen molar-refractivity contribution in [3.8, 4) is 5.75 Å². The highest BCUT2D eigenvalue weighted by atomic mass is 32.2. The highest BCUT2D eigenvalue weighted by Crippen LogP contribution is 2.23. The molecule has 0 saturated carbocycles. The molecule has 2 rings (SSSR count). The molecule has 0 N–H and O–H groups in total. The fraction of sp³-hybridized carbons (Fsp3) is 0.684. The summed E-state index contributed by atoms with van der Waals surface area (Å²) in [5.41, 5.74) is 1.46. The van der Waals surface area contributed by atoms with E-state index in [2.05, 4.69) is 31.2 Å². The minimum Gasteiger partial charge on any atom is -0.490 e. The average molecular weight is 307 g/mol. The van der Waals surface area contributed by atoms with Gasteiger partial charge in [-0.1, -0.05) is 57.6 Å². The van der Waals surface area contributed by atoms with Crippen molar-refractivity contribution < 1.29 is 4.74 Å². The Morgan fingerprint density at radius 1 is 1.00 bits per heavy atom. The van der Waals surface area contributed by atoms with Gasteiger partial charge in [0.05, 0.1) is 0 Å². The van der Waals surface area contributed by atoms with E-state index in [1.807, 2.05) is 11.8 Å². The van der Waals surface area contributed by atoms with Crippen LogP contribution in [0.25, 0.3) is 0 Å². The number of rotatable bonds is 10. The summed E-state index contributed by atoms with van der Waals surface area (Å²) in [6.07, 6.45) is 12.5. The second-order valence-corrected chi connectivity index (χ2v) is 7.27. The Kier molecular flexibility index (Phi) is 8.09. The van der Waals surface area contributed by atoms with Crippen LogP contribution in [0.1, 0.15) is 63.9 Å². The first-order valence-electron chi connectivity index (χ1n) is 8.72. The lowest BCUT2D eigenvalue weighted by Crippen LogP contribution is -2.14. The standard InChI is InChI=1S/C19H30OS/c1-2-3-4-5-6-7-8-9-17-10-12-18(13-11-17)20-19-14-15-21-16-19/h10-13,19H,2-9,14-16H2,1H3. The van der Waals surface area contributed by atoms with Gasteiger partial charge in [-0.15, -0.1) is 0 Å². The first-order chi connectivity index (χ1) is 10.4. The van der Waals surface area contributed by atoms with E-state index in [0.717, 1.165) is 11.5 Å². The molecule has 1 aromatic rings. The molecule has 1 heterocycles. The van der Waals surface area contributed by atoms with Gasteiger partial charge in [0.15, 0.2) is 0 Å². The summed E-state index contributed by atoms with van der Waals surface area (Å²) in [7, 11) is 0. The zero-order valence-corrected chi connectivity index (χ0v) is 14.3. The number of hydrogen-bond donors (Lipinski definition) is 0. The SMILES string of the molecule is CCCCCCCCCc1ccc(OC2CCSC2)cc1. The van der Waals surface area contributed by atoms with E-state index in [1.165, 1.54) is 69.1 Å². The molecule has 2 heteroatoms. The summed E-state index contributed by atoms with van der Waals surface area (Å²) in [5, 5.41) is 0. The molecule has 0 spiro atoms. The quantitative estimate of drug-likeness (QED) is 0.500. The summed E-state index contributed by atoms with van der Waals surface area (Å²) in [6.45, 7) is 2.28. The van der Waals surface area contributed by atoms with Crippen LogP contribution in [0, 0.1) is 0 Å². The molecule has 1 aliphatic rings. The third kappa shape index (κ3) is 6.78. The first kappa shape index (κ1) is 16.7. The molecule has 0 radical (unpaired) electrons. The number of benzene rings is 1. The summed E-state index contributed by atoms with van der Waals surface area (Å²) >= 11 is 2.00. The van der Waals surface area contributed by atoms with Gasteiger partial charge >= 0.3 is 0 Å². The lowest BCUT2D eigenvalue weighted by molar-refractivity contribution is 0.229. The Hall–Kier alpha value is -0.630. The number of aryl methyl sites for hydroxylation is 1. The van der Waals surface area contributed by atoms with Gasteiger partial charge < -0.3 is 4.74 Å². The highest BCUT2D eigenvalue weighted by Gasteiger charge is 2.16. The van der Waals surface area contributed by atoms with Crippen molar-refractivity contribution in [2.75, 3.05) is 11.5 Å². The van der Waals surface area contributed by atoms with Crippen molar-refractivity contribution >= 4 is 11.8 Å². The number of thioether (sulfide) groups is 1. The van der Waals surface area contributed by atoms with E-state index < -0.39 is 0 Å². The summed E-state index contributed by atoms with van der Waals surface area (Å²) < 4.78 is 5.99. The maximum atomic E-state index is 5.99. The normalized spacial score (nSPS) is 18.0. The molecule has 1 unspecified atom stereocenters. The van der Waals surface area contributed by atoms with Crippen molar-refractivity contribution in [1.82, 2.24) is 0 Å². The second kappa shape index (κ2) is 10.2. The molecule has 1 aliphatic heterocycles. The first-order valence-corrected chi connectivity index (χ1v) is 9.87. The maximum Gasteiger partial charge on any atom is 0.119 e. The van der Waals surface area contributed by atoms with Crippen LogP contribution < -0.4 is 4.74 Å². The van der Waals surface area contributed by atoms with Gasteiger partial charge in [0.1, 0.15) is 11.9 Å². The summed E-state index contributed by atoms with van der Waals surface area (Å²) in [6, 6.07) is 8.79. The topological polar surface area (TPSA) is 9.23 Å². The Bertz CT molecular complexity index is 368. The Morgan fingerprint density at radius 2 is 1.71 bits per heavy atom. The van der Waals surface area contributed by atoms with Crippen molar-refractivity contribution in [3.05, 3.63) is 29.8 Å². The van der Waals surface area contributed by atoms with Crippen LogP contribution in [0.4, 0.5) is 0 Å². The van der Waals surface area contributed by atoms with Crippen molar-refractivity contribution in [1.29, 1.82) is 0 Å². The van der Waals surface area contributed by atoms with Crippen LogP contribution in [-0.4, -0.2) is 17.6 Å². The van der Waals surface area contributed by atoms with Crippen LogP contribution in [0.15, 0.2) is 24.3 Å². The Balaban J connectivity index is 1.58. The van der Waals surface area contributed by atoms with Crippen LogP contribution >= 0.6 is 11.8 Å².